The van der Waals surface area contributed by atoms with Gasteiger partial charge in [0.25, 0.3) is 0 Å². The van der Waals surface area contributed by atoms with Crippen LogP contribution in [0.5, 0.6) is 5.75 Å². The van der Waals surface area contributed by atoms with E-state index < -0.39 is 5.82 Å². The fraction of sp³-hybridized carbons (Fsp3) is 0.435. The average molecular weight is 400 g/mol. The third-order valence-electron chi connectivity index (χ3n) is 5.53. The zero-order chi connectivity index (χ0) is 20.8. The zero-order valence-electron chi connectivity index (χ0n) is 17.5. The lowest BCUT2D eigenvalue weighted by molar-refractivity contribution is -0.116. The second-order valence-electron chi connectivity index (χ2n) is 7.44. The molecule has 1 amide bonds. The van der Waals surface area contributed by atoms with E-state index in [2.05, 4.69) is 34.2 Å². The molecular formula is C23H30FN3O2. The van der Waals surface area contributed by atoms with Crippen molar-refractivity contribution >= 4 is 17.3 Å². The normalized spacial score (nSPS) is 14.7. The molecule has 1 aliphatic heterocycles. The number of rotatable bonds is 7. The third kappa shape index (κ3) is 5.48. The highest BCUT2D eigenvalue weighted by Gasteiger charge is 2.16. The van der Waals surface area contributed by atoms with E-state index in [1.54, 1.807) is 12.1 Å². The van der Waals surface area contributed by atoms with E-state index in [-0.39, 0.29) is 11.7 Å². The van der Waals surface area contributed by atoms with Crippen molar-refractivity contribution < 1.29 is 13.9 Å². The van der Waals surface area contributed by atoms with Gasteiger partial charge in [0.1, 0.15) is 0 Å². The molecular weight excluding hydrogens is 369 g/mol. The van der Waals surface area contributed by atoms with Gasteiger partial charge >= 0.3 is 0 Å². The van der Waals surface area contributed by atoms with Crippen LogP contribution in [0.3, 0.4) is 0 Å². The van der Waals surface area contributed by atoms with Gasteiger partial charge in [0.2, 0.25) is 5.91 Å². The summed E-state index contributed by atoms with van der Waals surface area (Å²) in [4.78, 5) is 17.2. The van der Waals surface area contributed by atoms with Crippen molar-refractivity contribution in [3.8, 4) is 5.75 Å². The maximum atomic E-state index is 13.8. The number of benzene rings is 2. The largest absolute Gasteiger partial charge is 0.494 e. The molecule has 1 fully saturated rings. The van der Waals surface area contributed by atoms with Crippen molar-refractivity contribution in [2.75, 3.05) is 50.1 Å². The first kappa shape index (κ1) is 21.1. The standard InChI is InChI=1S/C23H30FN3O2/c1-4-26-11-13-27(14-12-26)19-7-8-21(17(2)15-19)25-23(28)10-6-18-5-9-22(29-3)20(24)16-18/h5,7-9,15-16H,4,6,10-14H2,1-3H3,(H,25,28). The first-order chi connectivity index (χ1) is 14.0. The summed E-state index contributed by atoms with van der Waals surface area (Å²) < 4.78 is 18.7. The lowest BCUT2D eigenvalue weighted by atomic mass is 10.1. The number of ether oxygens (including phenoxy) is 1. The molecule has 0 bridgehead atoms. The number of likely N-dealkylation sites (N-methyl/N-ethyl adjacent to an activating group) is 1. The van der Waals surface area contributed by atoms with Crippen LogP contribution >= 0.6 is 0 Å². The van der Waals surface area contributed by atoms with Gasteiger partial charge in [-0.05, 0) is 61.3 Å². The summed E-state index contributed by atoms with van der Waals surface area (Å²) >= 11 is 0. The molecule has 0 aliphatic carbocycles. The maximum Gasteiger partial charge on any atom is 0.224 e. The highest BCUT2D eigenvalue weighted by molar-refractivity contribution is 5.91. The topological polar surface area (TPSA) is 44.8 Å². The number of amides is 1. The van der Waals surface area contributed by atoms with Crippen molar-refractivity contribution in [2.24, 2.45) is 0 Å². The van der Waals surface area contributed by atoms with E-state index in [0.29, 0.717) is 12.8 Å². The van der Waals surface area contributed by atoms with Gasteiger partial charge in [-0.3, -0.25) is 4.79 Å². The van der Waals surface area contributed by atoms with Crippen molar-refractivity contribution in [3.05, 3.63) is 53.3 Å². The van der Waals surface area contributed by atoms with Crippen LogP contribution in [0.1, 0.15) is 24.5 Å². The van der Waals surface area contributed by atoms with Crippen molar-refractivity contribution in [2.45, 2.75) is 26.7 Å². The smallest absolute Gasteiger partial charge is 0.224 e. The molecule has 2 aromatic rings. The Morgan fingerprint density at radius 1 is 1.14 bits per heavy atom. The van der Waals surface area contributed by atoms with Gasteiger partial charge in [0.05, 0.1) is 7.11 Å². The molecule has 1 N–H and O–H groups in total. The van der Waals surface area contributed by atoms with Gasteiger partial charge in [-0.2, -0.15) is 0 Å². The molecule has 1 heterocycles. The first-order valence-corrected chi connectivity index (χ1v) is 10.2. The third-order valence-corrected chi connectivity index (χ3v) is 5.53. The molecule has 6 heteroatoms. The molecule has 0 unspecified atom stereocenters. The summed E-state index contributed by atoms with van der Waals surface area (Å²) in [7, 11) is 1.43. The molecule has 156 valence electrons. The lowest BCUT2D eigenvalue weighted by Crippen LogP contribution is -2.46. The van der Waals surface area contributed by atoms with Gasteiger partial charge in [-0.1, -0.05) is 13.0 Å². The Balaban J connectivity index is 1.54. The predicted octanol–water partition coefficient (Wildman–Crippen LogP) is 3.86. The van der Waals surface area contributed by atoms with Crippen LogP contribution in [-0.2, 0) is 11.2 Å². The van der Waals surface area contributed by atoms with Crippen molar-refractivity contribution in [1.29, 1.82) is 0 Å². The van der Waals surface area contributed by atoms with Gasteiger partial charge in [-0.25, -0.2) is 4.39 Å². The van der Waals surface area contributed by atoms with Crippen molar-refractivity contribution in [1.82, 2.24) is 4.90 Å². The number of piperazine rings is 1. The molecule has 3 rings (SSSR count). The van der Waals surface area contributed by atoms with Crippen molar-refractivity contribution in [3.63, 3.8) is 0 Å². The highest BCUT2D eigenvalue weighted by atomic mass is 19.1. The van der Waals surface area contributed by atoms with Gasteiger partial charge in [0.15, 0.2) is 11.6 Å². The molecule has 0 aromatic heterocycles. The molecule has 1 aliphatic rings. The molecule has 0 saturated carbocycles. The minimum atomic E-state index is -0.406. The van der Waals surface area contributed by atoms with Gasteiger partial charge in [0, 0.05) is 44.0 Å². The molecule has 0 spiro atoms. The van der Waals surface area contributed by atoms with Crippen LogP contribution in [0.15, 0.2) is 36.4 Å². The summed E-state index contributed by atoms with van der Waals surface area (Å²) in [6.07, 6.45) is 0.775. The van der Waals surface area contributed by atoms with Crippen LogP contribution in [0, 0.1) is 12.7 Å². The Bertz CT molecular complexity index is 848. The number of anilines is 2. The van der Waals surface area contributed by atoms with Crippen LogP contribution in [0.4, 0.5) is 15.8 Å². The number of carbonyl (C=O) groups excluding carboxylic acids is 1. The highest BCUT2D eigenvalue weighted by Crippen LogP contribution is 2.24. The first-order valence-electron chi connectivity index (χ1n) is 10.2. The number of hydrogen-bond donors (Lipinski definition) is 1. The number of methoxy groups -OCH3 is 1. The minimum absolute atomic E-state index is 0.0753. The summed E-state index contributed by atoms with van der Waals surface area (Å²) in [6.45, 7) is 9.53. The number of hydrogen-bond acceptors (Lipinski definition) is 4. The van der Waals surface area contributed by atoms with E-state index in [1.165, 1.54) is 18.9 Å². The van der Waals surface area contributed by atoms with E-state index in [1.807, 2.05) is 13.0 Å². The van der Waals surface area contributed by atoms with Gasteiger partial charge in [-0.15, -0.1) is 0 Å². The Hall–Kier alpha value is -2.60. The average Bonchev–Trinajstić information content (AvgIpc) is 2.74. The summed E-state index contributed by atoms with van der Waals surface area (Å²) in [5.41, 5.74) is 3.85. The number of nitrogens with zero attached hydrogens (tertiary/aromatic N) is 2. The Kier molecular flexibility index (Phi) is 7.09. The quantitative estimate of drug-likeness (QED) is 0.768. The molecule has 0 atom stereocenters. The fourth-order valence-electron chi connectivity index (χ4n) is 3.64. The van der Waals surface area contributed by atoms with Crippen LogP contribution in [0.2, 0.25) is 0 Å². The second kappa shape index (κ2) is 9.74. The number of halogens is 1. The number of nitrogens with one attached hydrogen (secondary N) is 1. The van der Waals surface area contributed by atoms with E-state index in [0.717, 1.165) is 49.5 Å². The summed E-state index contributed by atoms with van der Waals surface area (Å²) in [6, 6.07) is 11.0. The second-order valence-corrected chi connectivity index (χ2v) is 7.44. The Labute approximate surface area is 172 Å². The van der Waals surface area contributed by atoms with E-state index >= 15 is 0 Å². The lowest BCUT2D eigenvalue weighted by Gasteiger charge is -2.35. The minimum Gasteiger partial charge on any atom is -0.494 e. The van der Waals surface area contributed by atoms with E-state index in [9.17, 15) is 9.18 Å². The predicted molar refractivity (Wildman–Crippen MR) is 115 cm³/mol. The molecule has 29 heavy (non-hydrogen) atoms. The Morgan fingerprint density at radius 2 is 1.90 bits per heavy atom. The van der Waals surface area contributed by atoms with E-state index in [4.69, 9.17) is 4.74 Å². The van der Waals surface area contributed by atoms with Crippen LogP contribution in [-0.4, -0.2) is 50.6 Å². The zero-order valence-corrected chi connectivity index (χ0v) is 17.5. The van der Waals surface area contributed by atoms with Crippen LogP contribution < -0.4 is 15.0 Å². The summed E-state index contributed by atoms with van der Waals surface area (Å²) in [5, 5.41) is 2.98. The monoisotopic (exact) mass is 399 g/mol. The fourth-order valence-corrected chi connectivity index (χ4v) is 3.64. The maximum absolute atomic E-state index is 13.8. The molecule has 2 aromatic carbocycles. The SMILES string of the molecule is CCN1CCN(c2ccc(NC(=O)CCc3ccc(OC)c(F)c3)c(C)c2)CC1. The van der Waals surface area contributed by atoms with Gasteiger partial charge < -0.3 is 19.9 Å². The Morgan fingerprint density at radius 3 is 2.52 bits per heavy atom. The molecule has 1 saturated heterocycles. The van der Waals surface area contributed by atoms with Crippen LogP contribution in [0.25, 0.3) is 0 Å². The number of carbonyl (C=O) groups is 1. The molecule has 5 nitrogen and oxygen atoms in total. The molecule has 0 radical (unpaired) electrons. The number of aryl methyl sites for hydroxylation is 2. The summed E-state index contributed by atoms with van der Waals surface area (Å²) in [5.74, 6) is -0.268.